The molecular formula is C16H24N2. The van der Waals surface area contributed by atoms with Gasteiger partial charge in [0, 0.05) is 19.6 Å². The van der Waals surface area contributed by atoms with E-state index >= 15 is 0 Å². The molecular weight excluding hydrogens is 220 g/mol. The Balaban J connectivity index is 1.63. The summed E-state index contributed by atoms with van der Waals surface area (Å²) in [4.78, 5) is 2.66. The van der Waals surface area contributed by atoms with Crippen molar-refractivity contribution in [3.05, 3.63) is 35.9 Å². The summed E-state index contributed by atoms with van der Waals surface area (Å²) in [6.07, 6.45) is 5.57. The minimum atomic E-state index is 0.575. The zero-order chi connectivity index (χ0) is 12.3. The molecule has 1 N–H and O–H groups in total. The topological polar surface area (TPSA) is 15.3 Å². The summed E-state index contributed by atoms with van der Waals surface area (Å²) in [7, 11) is 0. The molecule has 0 saturated carbocycles. The summed E-state index contributed by atoms with van der Waals surface area (Å²) in [6.45, 7) is 6.15. The first-order chi connectivity index (χ1) is 8.86. The summed E-state index contributed by atoms with van der Waals surface area (Å²) in [5, 5.41) is 3.60. The Morgan fingerprint density at radius 2 is 1.94 bits per heavy atom. The number of piperidine rings is 2. The van der Waals surface area contributed by atoms with E-state index in [-0.39, 0.29) is 0 Å². The molecule has 98 valence electrons. The second-order valence-electron chi connectivity index (χ2n) is 6.08. The molecule has 3 rings (SSSR count). The maximum atomic E-state index is 3.60. The Hall–Kier alpha value is -0.860. The third-order valence-electron chi connectivity index (χ3n) is 4.55. The summed E-state index contributed by atoms with van der Waals surface area (Å²) >= 11 is 0. The Labute approximate surface area is 110 Å². The van der Waals surface area contributed by atoms with Crippen LogP contribution >= 0.6 is 0 Å². The molecule has 0 bridgehead atoms. The van der Waals surface area contributed by atoms with E-state index in [0.717, 1.165) is 6.54 Å². The third kappa shape index (κ3) is 2.76. The van der Waals surface area contributed by atoms with Gasteiger partial charge in [0.1, 0.15) is 0 Å². The first-order valence-corrected chi connectivity index (χ1v) is 7.33. The number of benzene rings is 1. The van der Waals surface area contributed by atoms with Gasteiger partial charge in [-0.05, 0) is 49.8 Å². The van der Waals surface area contributed by atoms with E-state index in [4.69, 9.17) is 0 Å². The number of hydrogen-bond acceptors (Lipinski definition) is 2. The smallest absolute Gasteiger partial charge is 0.0233 e. The van der Waals surface area contributed by atoms with E-state index < -0.39 is 0 Å². The van der Waals surface area contributed by atoms with Gasteiger partial charge in [0.15, 0.2) is 0 Å². The second-order valence-corrected chi connectivity index (χ2v) is 6.08. The lowest BCUT2D eigenvalue weighted by atomic mass is 9.74. The monoisotopic (exact) mass is 244 g/mol. The molecule has 1 aromatic rings. The van der Waals surface area contributed by atoms with E-state index in [0.29, 0.717) is 5.41 Å². The standard InChI is InChI=1S/C16H24N2/c1-2-6-15(7-3-1)12-18-11-5-9-16(14-18)8-4-10-17-13-16/h1-3,6-7,17H,4-5,8-14H2/t16-/m1/s1. The predicted octanol–water partition coefficient (Wildman–Crippen LogP) is 2.65. The van der Waals surface area contributed by atoms with Crippen LogP contribution in [-0.2, 0) is 6.54 Å². The van der Waals surface area contributed by atoms with Crippen LogP contribution in [0.1, 0.15) is 31.2 Å². The normalized spacial score (nSPS) is 29.6. The van der Waals surface area contributed by atoms with Crippen molar-refractivity contribution in [2.45, 2.75) is 32.2 Å². The molecule has 2 heterocycles. The van der Waals surface area contributed by atoms with Crippen molar-refractivity contribution < 1.29 is 0 Å². The van der Waals surface area contributed by atoms with Crippen molar-refractivity contribution in [3.8, 4) is 0 Å². The van der Waals surface area contributed by atoms with Crippen LogP contribution < -0.4 is 5.32 Å². The van der Waals surface area contributed by atoms with Crippen LogP contribution in [0, 0.1) is 5.41 Å². The van der Waals surface area contributed by atoms with Crippen LogP contribution in [0.5, 0.6) is 0 Å². The highest BCUT2D eigenvalue weighted by atomic mass is 15.1. The van der Waals surface area contributed by atoms with Gasteiger partial charge < -0.3 is 5.32 Å². The molecule has 2 nitrogen and oxygen atoms in total. The fraction of sp³-hybridized carbons (Fsp3) is 0.625. The molecule has 18 heavy (non-hydrogen) atoms. The minimum absolute atomic E-state index is 0.575. The van der Waals surface area contributed by atoms with E-state index in [2.05, 4.69) is 40.5 Å². The Morgan fingerprint density at radius 3 is 2.72 bits per heavy atom. The van der Waals surface area contributed by atoms with Gasteiger partial charge in [0.25, 0.3) is 0 Å². The molecule has 1 aromatic carbocycles. The molecule has 2 fully saturated rings. The lowest BCUT2D eigenvalue weighted by Gasteiger charge is -2.45. The van der Waals surface area contributed by atoms with Crippen molar-refractivity contribution >= 4 is 0 Å². The lowest BCUT2D eigenvalue weighted by molar-refractivity contribution is 0.0601. The van der Waals surface area contributed by atoms with Crippen molar-refractivity contribution in [1.82, 2.24) is 10.2 Å². The number of rotatable bonds is 2. The molecule has 2 heteroatoms. The molecule has 0 aromatic heterocycles. The fourth-order valence-corrected chi connectivity index (χ4v) is 3.67. The van der Waals surface area contributed by atoms with Gasteiger partial charge >= 0.3 is 0 Å². The van der Waals surface area contributed by atoms with Gasteiger partial charge in [0.2, 0.25) is 0 Å². The maximum absolute atomic E-state index is 3.60. The molecule has 0 amide bonds. The summed E-state index contributed by atoms with van der Waals surface area (Å²) < 4.78 is 0. The summed E-state index contributed by atoms with van der Waals surface area (Å²) in [6, 6.07) is 10.9. The molecule has 0 unspecified atom stereocenters. The van der Waals surface area contributed by atoms with Gasteiger partial charge in [0.05, 0.1) is 0 Å². The first-order valence-electron chi connectivity index (χ1n) is 7.33. The molecule has 1 atom stereocenters. The van der Waals surface area contributed by atoms with Gasteiger partial charge in [-0.25, -0.2) is 0 Å². The predicted molar refractivity (Wildman–Crippen MR) is 75.5 cm³/mol. The van der Waals surface area contributed by atoms with Crippen LogP contribution in [0.25, 0.3) is 0 Å². The molecule has 0 aliphatic carbocycles. The summed E-state index contributed by atoms with van der Waals surface area (Å²) in [5.74, 6) is 0. The van der Waals surface area contributed by atoms with Crippen molar-refractivity contribution in [3.63, 3.8) is 0 Å². The quantitative estimate of drug-likeness (QED) is 0.860. The second kappa shape index (κ2) is 5.41. The number of hydrogen-bond donors (Lipinski definition) is 1. The van der Waals surface area contributed by atoms with Crippen molar-refractivity contribution in [2.75, 3.05) is 26.2 Å². The molecule has 1 spiro atoms. The number of nitrogens with zero attached hydrogens (tertiary/aromatic N) is 1. The van der Waals surface area contributed by atoms with E-state index in [1.165, 1.54) is 57.4 Å². The zero-order valence-corrected chi connectivity index (χ0v) is 11.2. The zero-order valence-electron chi connectivity index (χ0n) is 11.2. The Bertz CT molecular complexity index is 362. The van der Waals surface area contributed by atoms with Gasteiger partial charge in [-0.1, -0.05) is 30.3 Å². The van der Waals surface area contributed by atoms with E-state index in [1.807, 2.05) is 0 Å². The van der Waals surface area contributed by atoms with Gasteiger partial charge in [-0.3, -0.25) is 4.90 Å². The molecule has 2 aliphatic rings. The largest absolute Gasteiger partial charge is 0.316 e. The highest BCUT2D eigenvalue weighted by Crippen LogP contribution is 2.36. The lowest BCUT2D eigenvalue weighted by Crippen LogP contribution is -2.50. The maximum Gasteiger partial charge on any atom is 0.0233 e. The number of likely N-dealkylation sites (tertiary alicyclic amines) is 1. The molecule has 0 radical (unpaired) electrons. The average Bonchev–Trinajstić information content (AvgIpc) is 2.41. The van der Waals surface area contributed by atoms with E-state index in [1.54, 1.807) is 0 Å². The van der Waals surface area contributed by atoms with Crippen LogP contribution in [0.4, 0.5) is 0 Å². The van der Waals surface area contributed by atoms with Gasteiger partial charge in [-0.15, -0.1) is 0 Å². The summed E-state index contributed by atoms with van der Waals surface area (Å²) in [5.41, 5.74) is 2.03. The molecule has 2 aliphatic heterocycles. The van der Waals surface area contributed by atoms with Gasteiger partial charge in [-0.2, -0.15) is 0 Å². The number of nitrogens with one attached hydrogen (secondary N) is 1. The fourth-order valence-electron chi connectivity index (χ4n) is 3.67. The van der Waals surface area contributed by atoms with E-state index in [9.17, 15) is 0 Å². The van der Waals surface area contributed by atoms with Crippen molar-refractivity contribution in [2.24, 2.45) is 5.41 Å². The van der Waals surface area contributed by atoms with Crippen LogP contribution in [0.3, 0.4) is 0 Å². The Morgan fingerprint density at radius 1 is 1.11 bits per heavy atom. The highest BCUT2D eigenvalue weighted by molar-refractivity contribution is 5.14. The SMILES string of the molecule is c1ccc(CN2CCC[C@@]3(CCCNC3)C2)cc1. The van der Waals surface area contributed by atoms with Crippen molar-refractivity contribution in [1.29, 1.82) is 0 Å². The van der Waals surface area contributed by atoms with Crippen LogP contribution in [0.2, 0.25) is 0 Å². The first kappa shape index (κ1) is 12.2. The Kier molecular flexibility index (Phi) is 3.67. The highest BCUT2D eigenvalue weighted by Gasteiger charge is 2.36. The van der Waals surface area contributed by atoms with Crippen LogP contribution in [-0.4, -0.2) is 31.1 Å². The molecule has 2 saturated heterocycles. The average molecular weight is 244 g/mol. The van der Waals surface area contributed by atoms with Crippen LogP contribution in [0.15, 0.2) is 30.3 Å². The third-order valence-corrected chi connectivity index (χ3v) is 4.55. The minimum Gasteiger partial charge on any atom is -0.316 e.